The summed E-state index contributed by atoms with van der Waals surface area (Å²) in [6.45, 7) is 1.72. The molecule has 0 aliphatic carbocycles. The Kier molecular flexibility index (Phi) is 7.69. The zero-order valence-electron chi connectivity index (χ0n) is 10.5. The van der Waals surface area contributed by atoms with Crippen molar-refractivity contribution in [2.45, 2.75) is 56.4 Å². The fourth-order valence-electron chi connectivity index (χ4n) is 1.36. The summed E-state index contributed by atoms with van der Waals surface area (Å²) < 4.78 is 60.5. The fourth-order valence-corrected chi connectivity index (χ4v) is 2.39. The summed E-state index contributed by atoms with van der Waals surface area (Å²) in [7, 11) is 0. The van der Waals surface area contributed by atoms with E-state index in [9.17, 15) is 26.7 Å². The van der Waals surface area contributed by atoms with E-state index in [1.165, 1.54) is 11.8 Å². The zero-order chi connectivity index (χ0) is 15.1. The second-order valence-corrected chi connectivity index (χ2v) is 5.43. The van der Waals surface area contributed by atoms with Crippen molar-refractivity contribution in [2.75, 3.05) is 5.75 Å². The summed E-state index contributed by atoms with van der Waals surface area (Å²) in [5.74, 6) is -5.12. The minimum Gasteiger partial charge on any atom is -0.480 e. The van der Waals surface area contributed by atoms with Gasteiger partial charge in [0.2, 0.25) is 0 Å². The van der Waals surface area contributed by atoms with Crippen LogP contribution in [0, 0.1) is 0 Å². The molecule has 1 N–H and O–H groups in total. The molecule has 0 radical (unpaired) electrons. The molecule has 0 amide bonds. The number of carboxylic acids is 1. The van der Waals surface area contributed by atoms with Gasteiger partial charge in [0.15, 0.2) is 0 Å². The number of aliphatic carboxylic acids is 1. The molecule has 0 heterocycles. The van der Waals surface area contributed by atoms with Crippen LogP contribution in [0.5, 0.6) is 0 Å². The molecule has 0 aliphatic heterocycles. The number of hydrogen-bond donors (Lipinski definition) is 1. The molecule has 19 heavy (non-hydrogen) atoms. The summed E-state index contributed by atoms with van der Waals surface area (Å²) >= 11 is 1.18. The van der Waals surface area contributed by atoms with Crippen LogP contribution >= 0.6 is 11.8 Å². The van der Waals surface area contributed by atoms with Gasteiger partial charge in [-0.05, 0) is 25.0 Å². The van der Waals surface area contributed by atoms with Crippen LogP contribution < -0.4 is 0 Å². The lowest BCUT2D eigenvalue weighted by molar-refractivity contribution is -0.284. The lowest BCUT2D eigenvalue weighted by Gasteiger charge is -2.19. The highest BCUT2D eigenvalue weighted by molar-refractivity contribution is 8.00. The van der Waals surface area contributed by atoms with Crippen LogP contribution in [0.25, 0.3) is 0 Å². The van der Waals surface area contributed by atoms with E-state index in [1.54, 1.807) is 6.92 Å². The van der Waals surface area contributed by atoms with Gasteiger partial charge >= 0.3 is 18.1 Å². The predicted octanol–water partition coefficient (Wildman–Crippen LogP) is 4.34. The molecule has 1 unspecified atom stereocenters. The van der Waals surface area contributed by atoms with Crippen LogP contribution in [-0.2, 0) is 4.79 Å². The van der Waals surface area contributed by atoms with Gasteiger partial charge in [-0.15, -0.1) is 11.8 Å². The van der Waals surface area contributed by atoms with Crippen molar-refractivity contribution in [3.8, 4) is 0 Å². The van der Waals surface area contributed by atoms with E-state index in [1.807, 2.05) is 0 Å². The number of alkyl halides is 5. The van der Waals surface area contributed by atoms with E-state index in [4.69, 9.17) is 5.11 Å². The summed E-state index contributed by atoms with van der Waals surface area (Å²) in [5, 5.41) is 8.18. The number of rotatable bonds is 9. The summed E-state index contributed by atoms with van der Waals surface area (Å²) in [4.78, 5) is 10.6. The van der Waals surface area contributed by atoms with Gasteiger partial charge in [0, 0.05) is 6.42 Å². The van der Waals surface area contributed by atoms with E-state index in [0.717, 1.165) is 0 Å². The van der Waals surface area contributed by atoms with Crippen LogP contribution in [-0.4, -0.2) is 34.2 Å². The Labute approximate surface area is 112 Å². The second kappa shape index (κ2) is 7.91. The lowest BCUT2D eigenvalue weighted by atomic mass is 10.1. The van der Waals surface area contributed by atoms with Crippen molar-refractivity contribution >= 4 is 17.7 Å². The van der Waals surface area contributed by atoms with E-state index < -0.39 is 29.7 Å². The van der Waals surface area contributed by atoms with Gasteiger partial charge in [0.25, 0.3) is 0 Å². The van der Waals surface area contributed by atoms with Crippen molar-refractivity contribution < 1.29 is 31.9 Å². The zero-order valence-corrected chi connectivity index (χ0v) is 11.3. The number of unbranched alkanes of at least 4 members (excludes halogenated alkanes) is 2. The molecule has 114 valence electrons. The average Bonchev–Trinajstić information content (AvgIpc) is 2.25. The number of halogens is 5. The van der Waals surface area contributed by atoms with Gasteiger partial charge in [-0.1, -0.05) is 13.3 Å². The van der Waals surface area contributed by atoms with E-state index >= 15 is 0 Å². The first kappa shape index (κ1) is 18.5. The van der Waals surface area contributed by atoms with E-state index in [2.05, 4.69) is 0 Å². The number of carboxylic acid groups (broad SMARTS) is 1. The normalized spacial score (nSPS) is 14.4. The number of hydrogen-bond acceptors (Lipinski definition) is 2. The molecular formula is C11H17F5O2S. The molecule has 0 aromatic heterocycles. The smallest absolute Gasteiger partial charge is 0.453 e. The molecular weight excluding hydrogens is 291 g/mol. The van der Waals surface area contributed by atoms with Crippen LogP contribution in [0.1, 0.15) is 39.0 Å². The Morgan fingerprint density at radius 1 is 1.16 bits per heavy atom. The molecule has 0 saturated heterocycles. The second-order valence-electron chi connectivity index (χ2n) is 4.12. The van der Waals surface area contributed by atoms with Crippen LogP contribution in [0.3, 0.4) is 0 Å². The Morgan fingerprint density at radius 2 is 1.74 bits per heavy atom. The maximum absolute atomic E-state index is 12.5. The number of thioether (sulfide) groups is 1. The largest absolute Gasteiger partial charge is 0.480 e. The lowest BCUT2D eigenvalue weighted by Crippen LogP contribution is -2.36. The van der Waals surface area contributed by atoms with Gasteiger partial charge in [-0.3, -0.25) is 4.79 Å². The molecule has 0 spiro atoms. The Morgan fingerprint density at radius 3 is 2.16 bits per heavy atom. The third kappa shape index (κ3) is 6.98. The van der Waals surface area contributed by atoms with Gasteiger partial charge in [0.05, 0.1) is 0 Å². The van der Waals surface area contributed by atoms with Crippen LogP contribution in [0.15, 0.2) is 0 Å². The number of carbonyl (C=O) groups is 1. The molecule has 0 saturated carbocycles. The monoisotopic (exact) mass is 308 g/mol. The molecule has 2 nitrogen and oxygen atoms in total. The first-order valence-electron chi connectivity index (χ1n) is 5.90. The minimum absolute atomic E-state index is 0.225. The van der Waals surface area contributed by atoms with Crippen molar-refractivity contribution in [2.24, 2.45) is 0 Å². The van der Waals surface area contributed by atoms with Crippen molar-refractivity contribution in [3.63, 3.8) is 0 Å². The van der Waals surface area contributed by atoms with E-state index in [0.29, 0.717) is 18.6 Å². The predicted molar refractivity (Wildman–Crippen MR) is 63.6 cm³/mol. The maximum atomic E-state index is 12.5. The quantitative estimate of drug-likeness (QED) is 0.508. The highest BCUT2D eigenvalue weighted by Gasteiger charge is 2.56. The standard InChI is InChI=1S/C11H17F5O2S/c1-2-8(9(17)18)19-7-5-3-4-6-10(12,13)11(14,15)16/h8H,2-7H2,1H3,(H,17,18). The summed E-state index contributed by atoms with van der Waals surface area (Å²) in [6, 6.07) is 0. The van der Waals surface area contributed by atoms with Gasteiger partial charge in [-0.2, -0.15) is 22.0 Å². The first-order chi connectivity index (χ1) is 8.62. The third-order valence-corrected chi connectivity index (χ3v) is 3.98. The first-order valence-corrected chi connectivity index (χ1v) is 6.95. The van der Waals surface area contributed by atoms with Gasteiger partial charge < -0.3 is 5.11 Å². The van der Waals surface area contributed by atoms with Gasteiger partial charge in [-0.25, -0.2) is 0 Å². The minimum atomic E-state index is -5.49. The van der Waals surface area contributed by atoms with Crippen LogP contribution in [0.4, 0.5) is 22.0 Å². The molecule has 1 atom stereocenters. The Bertz CT molecular complexity index is 281. The summed E-state index contributed by atoms with van der Waals surface area (Å²) in [6.07, 6.45) is -5.81. The SMILES string of the molecule is CCC(SCCCCCC(F)(F)C(F)(F)F)C(=O)O. The molecule has 0 aromatic carbocycles. The van der Waals surface area contributed by atoms with E-state index in [-0.39, 0.29) is 12.8 Å². The molecule has 8 heteroatoms. The van der Waals surface area contributed by atoms with Crippen LogP contribution in [0.2, 0.25) is 0 Å². The topological polar surface area (TPSA) is 37.3 Å². The fraction of sp³-hybridized carbons (Fsp3) is 0.909. The molecule has 0 rings (SSSR count). The highest BCUT2D eigenvalue weighted by atomic mass is 32.2. The Hall–Kier alpha value is -0.530. The molecule has 0 aliphatic rings. The average molecular weight is 308 g/mol. The van der Waals surface area contributed by atoms with Crippen molar-refractivity contribution in [1.82, 2.24) is 0 Å². The molecule has 0 aromatic rings. The Balaban J connectivity index is 3.75. The molecule has 0 fully saturated rings. The maximum Gasteiger partial charge on any atom is 0.453 e. The summed E-state index contributed by atoms with van der Waals surface area (Å²) in [5.41, 5.74) is 0. The van der Waals surface area contributed by atoms with Gasteiger partial charge in [0.1, 0.15) is 5.25 Å². The third-order valence-electron chi connectivity index (χ3n) is 2.52. The highest BCUT2D eigenvalue weighted by Crippen LogP contribution is 2.39. The van der Waals surface area contributed by atoms with Crippen molar-refractivity contribution in [1.29, 1.82) is 0 Å². The van der Waals surface area contributed by atoms with Crippen molar-refractivity contribution in [3.05, 3.63) is 0 Å². The molecule has 0 bridgehead atoms.